The van der Waals surface area contributed by atoms with Gasteiger partial charge in [-0.3, -0.25) is 0 Å². The number of hydrogen-bond acceptors (Lipinski definition) is 4. The minimum absolute atomic E-state index is 0.0177. The van der Waals surface area contributed by atoms with Gasteiger partial charge in [0.1, 0.15) is 24.7 Å². The predicted molar refractivity (Wildman–Crippen MR) is 111 cm³/mol. The Morgan fingerprint density at radius 1 is 0.714 bits per heavy atom. The molecule has 28 heavy (non-hydrogen) atoms. The molecule has 0 bridgehead atoms. The van der Waals surface area contributed by atoms with Crippen molar-refractivity contribution < 1.29 is 19.7 Å². The molecule has 0 spiro atoms. The van der Waals surface area contributed by atoms with Crippen LogP contribution < -0.4 is 9.47 Å². The molecule has 3 rings (SSSR count). The van der Waals surface area contributed by atoms with Gasteiger partial charge < -0.3 is 19.7 Å². The zero-order chi connectivity index (χ0) is 20.0. The molecule has 4 nitrogen and oxygen atoms in total. The molecule has 1 aliphatic rings. The van der Waals surface area contributed by atoms with E-state index in [1.165, 1.54) is 30.4 Å². The first-order chi connectivity index (χ1) is 13.5. The third kappa shape index (κ3) is 5.06. The first kappa shape index (κ1) is 20.7. The summed E-state index contributed by atoms with van der Waals surface area (Å²) >= 11 is 0. The van der Waals surface area contributed by atoms with Crippen molar-refractivity contribution >= 4 is 0 Å². The molecule has 2 aromatic carbocycles. The highest BCUT2D eigenvalue weighted by atomic mass is 16.5. The maximum Gasteiger partial charge on any atom is 0.119 e. The number of aliphatic hydroxyl groups excluding tert-OH is 2. The lowest BCUT2D eigenvalue weighted by Gasteiger charge is -2.38. The smallest absolute Gasteiger partial charge is 0.119 e. The van der Waals surface area contributed by atoms with Crippen molar-refractivity contribution in [3.05, 3.63) is 59.7 Å². The zero-order valence-corrected chi connectivity index (χ0v) is 16.9. The number of aliphatic hydroxyl groups is 2. The molecule has 152 valence electrons. The third-order valence-corrected chi connectivity index (χ3v) is 5.50. The van der Waals surface area contributed by atoms with Gasteiger partial charge in [-0.25, -0.2) is 0 Å². The number of benzene rings is 2. The van der Waals surface area contributed by atoms with E-state index >= 15 is 0 Å². The summed E-state index contributed by atoms with van der Waals surface area (Å²) < 4.78 is 11.2. The van der Waals surface area contributed by atoms with Gasteiger partial charge in [-0.2, -0.15) is 0 Å². The van der Waals surface area contributed by atoms with Crippen molar-refractivity contribution in [3.8, 4) is 11.5 Å². The highest BCUT2D eigenvalue weighted by Crippen LogP contribution is 2.45. The van der Waals surface area contributed by atoms with Crippen molar-refractivity contribution in [2.45, 2.75) is 63.6 Å². The van der Waals surface area contributed by atoms with Gasteiger partial charge in [-0.05, 0) is 62.1 Å². The molecule has 2 N–H and O–H groups in total. The molecule has 2 unspecified atom stereocenters. The molecular formula is C24H32O4. The van der Waals surface area contributed by atoms with Crippen LogP contribution in [0.3, 0.4) is 0 Å². The summed E-state index contributed by atoms with van der Waals surface area (Å²) in [4.78, 5) is 0. The van der Waals surface area contributed by atoms with Gasteiger partial charge in [-0.15, -0.1) is 0 Å². The highest BCUT2D eigenvalue weighted by Gasteiger charge is 2.35. The molecule has 0 aliphatic heterocycles. The molecular weight excluding hydrogens is 352 g/mol. The lowest BCUT2D eigenvalue weighted by Crippen LogP contribution is -2.30. The van der Waals surface area contributed by atoms with Gasteiger partial charge in [0.2, 0.25) is 0 Å². The fourth-order valence-electron chi connectivity index (χ4n) is 4.07. The summed E-state index contributed by atoms with van der Waals surface area (Å²) in [7, 11) is 0. The molecule has 1 aliphatic carbocycles. The summed E-state index contributed by atoms with van der Waals surface area (Å²) in [6, 6.07) is 16.7. The number of ether oxygens (including phenoxy) is 2. The van der Waals surface area contributed by atoms with Gasteiger partial charge in [0, 0.05) is 5.41 Å². The summed E-state index contributed by atoms with van der Waals surface area (Å²) in [5.41, 5.74) is 2.65. The molecule has 0 aromatic heterocycles. The van der Waals surface area contributed by atoms with E-state index in [-0.39, 0.29) is 5.41 Å². The van der Waals surface area contributed by atoms with Crippen LogP contribution in [-0.2, 0) is 5.41 Å². The van der Waals surface area contributed by atoms with Crippen molar-refractivity contribution in [3.63, 3.8) is 0 Å². The zero-order valence-electron chi connectivity index (χ0n) is 16.9. The Balaban J connectivity index is 1.82. The standard InChI is InChI=1S/C24H32O4/c1-18(25)16-27-22-10-6-20(7-11-22)24(14-4-3-5-15-24)21-8-12-23(13-9-21)28-17-19(2)26/h6-13,18-19,25-26H,3-5,14-17H2,1-2H3. The second kappa shape index (κ2) is 9.44. The van der Waals surface area contributed by atoms with Crippen molar-refractivity contribution in [1.29, 1.82) is 0 Å². The van der Waals surface area contributed by atoms with E-state index in [0.717, 1.165) is 24.3 Å². The number of hydrogen-bond donors (Lipinski definition) is 2. The second-order valence-corrected chi connectivity index (χ2v) is 8.01. The van der Waals surface area contributed by atoms with Crippen LogP contribution in [0.1, 0.15) is 57.1 Å². The van der Waals surface area contributed by atoms with Crippen LogP contribution in [0.2, 0.25) is 0 Å². The molecule has 0 amide bonds. The molecule has 1 fully saturated rings. The predicted octanol–water partition coefficient (Wildman–Crippen LogP) is 4.46. The quantitative estimate of drug-likeness (QED) is 0.706. The van der Waals surface area contributed by atoms with Crippen molar-refractivity contribution in [2.24, 2.45) is 0 Å². The van der Waals surface area contributed by atoms with Crippen LogP contribution in [0, 0.1) is 0 Å². The molecule has 4 heteroatoms. The van der Waals surface area contributed by atoms with Gasteiger partial charge in [0.15, 0.2) is 0 Å². The van der Waals surface area contributed by atoms with E-state index in [4.69, 9.17) is 9.47 Å². The maximum atomic E-state index is 9.40. The molecule has 0 radical (unpaired) electrons. The first-order valence-corrected chi connectivity index (χ1v) is 10.3. The molecule has 0 heterocycles. The Kier molecular flexibility index (Phi) is 6.97. The Hall–Kier alpha value is -2.04. The summed E-state index contributed by atoms with van der Waals surface area (Å²) in [5, 5.41) is 18.8. The fourth-order valence-corrected chi connectivity index (χ4v) is 4.07. The van der Waals surface area contributed by atoms with E-state index < -0.39 is 12.2 Å². The van der Waals surface area contributed by atoms with Gasteiger partial charge in [0.05, 0.1) is 12.2 Å². The average Bonchev–Trinajstić information content (AvgIpc) is 2.72. The van der Waals surface area contributed by atoms with Gasteiger partial charge >= 0.3 is 0 Å². The van der Waals surface area contributed by atoms with Crippen LogP contribution in [0.4, 0.5) is 0 Å². The van der Waals surface area contributed by atoms with E-state index in [1.54, 1.807) is 13.8 Å². The van der Waals surface area contributed by atoms with E-state index in [0.29, 0.717) is 13.2 Å². The molecule has 2 atom stereocenters. The summed E-state index contributed by atoms with van der Waals surface area (Å²) in [6.45, 7) is 4.05. The minimum Gasteiger partial charge on any atom is -0.491 e. The Labute approximate surface area is 168 Å². The van der Waals surface area contributed by atoms with Crippen molar-refractivity contribution in [1.82, 2.24) is 0 Å². The molecule has 0 saturated heterocycles. The molecule has 1 saturated carbocycles. The van der Waals surface area contributed by atoms with Gasteiger partial charge in [0.25, 0.3) is 0 Å². The van der Waals surface area contributed by atoms with Crippen LogP contribution in [-0.4, -0.2) is 35.6 Å². The maximum absolute atomic E-state index is 9.40. The Morgan fingerprint density at radius 3 is 1.46 bits per heavy atom. The highest BCUT2D eigenvalue weighted by molar-refractivity contribution is 5.43. The lowest BCUT2D eigenvalue weighted by molar-refractivity contribution is 0.122. The normalized spacial score (nSPS) is 18.3. The lowest BCUT2D eigenvalue weighted by atomic mass is 9.65. The minimum atomic E-state index is -0.473. The second-order valence-electron chi connectivity index (χ2n) is 8.01. The van der Waals surface area contributed by atoms with Crippen LogP contribution in [0.25, 0.3) is 0 Å². The largest absolute Gasteiger partial charge is 0.491 e. The van der Waals surface area contributed by atoms with Crippen molar-refractivity contribution in [2.75, 3.05) is 13.2 Å². The topological polar surface area (TPSA) is 58.9 Å². The van der Waals surface area contributed by atoms with Crippen LogP contribution >= 0.6 is 0 Å². The van der Waals surface area contributed by atoms with E-state index in [2.05, 4.69) is 24.3 Å². The van der Waals surface area contributed by atoms with Gasteiger partial charge in [-0.1, -0.05) is 43.5 Å². The van der Waals surface area contributed by atoms with Crippen LogP contribution in [0.15, 0.2) is 48.5 Å². The van der Waals surface area contributed by atoms with Crippen LogP contribution in [0.5, 0.6) is 11.5 Å². The third-order valence-electron chi connectivity index (χ3n) is 5.50. The Bertz CT molecular complexity index is 656. The van der Waals surface area contributed by atoms with E-state index in [1.807, 2.05) is 24.3 Å². The monoisotopic (exact) mass is 384 g/mol. The molecule has 2 aromatic rings. The van der Waals surface area contributed by atoms with E-state index in [9.17, 15) is 10.2 Å². The fraction of sp³-hybridized carbons (Fsp3) is 0.500. The SMILES string of the molecule is CC(O)COc1ccc(C2(c3ccc(OCC(C)O)cc3)CCCCC2)cc1. The Morgan fingerprint density at radius 2 is 1.11 bits per heavy atom. The summed E-state index contributed by atoms with van der Waals surface area (Å²) in [5.74, 6) is 1.58. The average molecular weight is 385 g/mol. The number of rotatable bonds is 8. The summed E-state index contributed by atoms with van der Waals surface area (Å²) in [6.07, 6.45) is 5.05. The first-order valence-electron chi connectivity index (χ1n) is 10.3.